The molecule has 0 unspecified atom stereocenters. The summed E-state index contributed by atoms with van der Waals surface area (Å²) in [7, 11) is 0. The van der Waals surface area contributed by atoms with E-state index in [0.717, 1.165) is 0 Å². The van der Waals surface area contributed by atoms with E-state index >= 15 is 0 Å². The number of halogens is 1. The van der Waals surface area contributed by atoms with Crippen molar-refractivity contribution in [1.82, 2.24) is 0 Å². The Morgan fingerprint density at radius 2 is 1.48 bits per heavy atom. The van der Waals surface area contributed by atoms with Gasteiger partial charge in [-0.1, -0.05) is 41.9 Å². The average Bonchev–Trinajstić information content (AvgIpc) is 2.44. The summed E-state index contributed by atoms with van der Waals surface area (Å²) in [6, 6.07) is 8.83. The first-order valence-corrected chi connectivity index (χ1v) is 6.12. The SMILES string of the molecule is O=C([O-])c1ccc2c(c1Cl)C(=O)c1ccccc1C2=O.[Na+]. The number of carboxylic acid groups (broad SMARTS) is 1. The van der Waals surface area contributed by atoms with E-state index in [9.17, 15) is 19.5 Å². The van der Waals surface area contributed by atoms with E-state index in [2.05, 4.69) is 0 Å². The Bertz CT molecular complexity index is 798. The maximum absolute atomic E-state index is 12.4. The molecule has 2 aromatic carbocycles. The Morgan fingerprint density at radius 1 is 0.905 bits per heavy atom. The summed E-state index contributed by atoms with van der Waals surface area (Å²) in [5.41, 5.74) is 0.261. The van der Waals surface area contributed by atoms with Gasteiger partial charge in [-0.05, 0) is 6.07 Å². The zero-order valence-corrected chi connectivity index (χ0v) is 13.7. The van der Waals surface area contributed by atoms with Crippen LogP contribution < -0.4 is 34.7 Å². The molecule has 0 amide bonds. The molecule has 2 aromatic rings. The molecular weight excluding hydrogens is 303 g/mol. The van der Waals surface area contributed by atoms with Gasteiger partial charge in [-0.3, -0.25) is 9.59 Å². The van der Waals surface area contributed by atoms with E-state index < -0.39 is 11.8 Å². The van der Waals surface area contributed by atoms with Crippen molar-refractivity contribution in [2.45, 2.75) is 0 Å². The zero-order valence-electron chi connectivity index (χ0n) is 11.0. The molecule has 0 spiro atoms. The molecule has 0 aromatic heterocycles. The maximum atomic E-state index is 12.4. The Hall–Kier alpha value is -1.46. The number of hydrogen-bond donors (Lipinski definition) is 0. The molecule has 6 heteroatoms. The van der Waals surface area contributed by atoms with Gasteiger partial charge in [0.1, 0.15) is 0 Å². The summed E-state index contributed by atoms with van der Waals surface area (Å²) in [6.07, 6.45) is 0. The number of aromatic carboxylic acids is 1. The molecule has 0 atom stereocenters. The third kappa shape index (κ3) is 2.34. The summed E-state index contributed by atoms with van der Waals surface area (Å²) < 4.78 is 0. The van der Waals surface area contributed by atoms with Gasteiger partial charge in [-0.15, -0.1) is 0 Å². The number of carboxylic acids is 1. The predicted octanol–water partition coefficient (Wildman–Crippen LogP) is -1.52. The second-order valence-electron chi connectivity index (χ2n) is 4.34. The topological polar surface area (TPSA) is 74.3 Å². The van der Waals surface area contributed by atoms with E-state index in [1.165, 1.54) is 18.2 Å². The van der Waals surface area contributed by atoms with Gasteiger partial charge in [-0.25, -0.2) is 0 Å². The van der Waals surface area contributed by atoms with E-state index in [-0.39, 0.29) is 62.6 Å². The summed E-state index contributed by atoms with van der Waals surface area (Å²) in [5.74, 6) is -2.29. The summed E-state index contributed by atoms with van der Waals surface area (Å²) in [6.45, 7) is 0. The van der Waals surface area contributed by atoms with E-state index in [4.69, 9.17) is 11.6 Å². The van der Waals surface area contributed by atoms with Crippen LogP contribution in [-0.2, 0) is 0 Å². The first-order chi connectivity index (χ1) is 9.52. The van der Waals surface area contributed by atoms with Crippen molar-refractivity contribution in [3.8, 4) is 0 Å². The monoisotopic (exact) mass is 308 g/mol. The van der Waals surface area contributed by atoms with Crippen molar-refractivity contribution >= 4 is 29.1 Å². The minimum atomic E-state index is -1.49. The molecule has 1 aliphatic rings. The van der Waals surface area contributed by atoms with Crippen molar-refractivity contribution in [3.63, 3.8) is 0 Å². The molecule has 0 saturated heterocycles. The third-order valence-corrected chi connectivity index (χ3v) is 3.64. The Kier molecular flexibility index (Phi) is 4.35. The number of carbonyl (C=O) groups excluding carboxylic acids is 3. The Balaban J connectivity index is 0.00000161. The van der Waals surface area contributed by atoms with Crippen LogP contribution in [0.3, 0.4) is 0 Å². The molecule has 1 aliphatic carbocycles. The number of fused-ring (bicyclic) bond motifs is 2. The number of ketones is 2. The van der Waals surface area contributed by atoms with Crippen molar-refractivity contribution in [3.05, 3.63) is 69.2 Å². The van der Waals surface area contributed by atoms with Gasteiger partial charge in [0.15, 0.2) is 11.6 Å². The first-order valence-electron chi connectivity index (χ1n) is 5.74. The van der Waals surface area contributed by atoms with Crippen molar-refractivity contribution < 1.29 is 49.0 Å². The van der Waals surface area contributed by atoms with E-state index in [1.54, 1.807) is 18.2 Å². The van der Waals surface area contributed by atoms with Crippen LogP contribution in [0.2, 0.25) is 5.02 Å². The van der Waals surface area contributed by atoms with Gasteiger partial charge in [0, 0.05) is 22.3 Å². The summed E-state index contributed by atoms with van der Waals surface area (Å²) >= 11 is 5.95. The molecule has 21 heavy (non-hydrogen) atoms. The van der Waals surface area contributed by atoms with Gasteiger partial charge in [0.2, 0.25) is 0 Å². The fourth-order valence-corrected chi connectivity index (χ4v) is 2.63. The number of benzene rings is 2. The molecule has 0 heterocycles. The van der Waals surface area contributed by atoms with Crippen LogP contribution in [0.5, 0.6) is 0 Å². The molecule has 0 fully saturated rings. The normalized spacial score (nSPS) is 12.2. The van der Waals surface area contributed by atoms with Crippen LogP contribution in [0.15, 0.2) is 36.4 Å². The van der Waals surface area contributed by atoms with Gasteiger partial charge in [0.05, 0.1) is 16.6 Å². The van der Waals surface area contributed by atoms with Crippen LogP contribution in [0, 0.1) is 0 Å². The third-order valence-electron chi connectivity index (χ3n) is 3.25. The van der Waals surface area contributed by atoms with Crippen LogP contribution >= 0.6 is 11.6 Å². The van der Waals surface area contributed by atoms with E-state index in [0.29, 0.717) is 5.56 Å². The van der Waals surface area contributed by atoms with Crippen LogP contribution in [0.25, 0.3) is 0 Å². The van der Waals surface area contributed by atoms with Crippen molar-refractivity contribution in [2.75, 3.05) is 0 Å². The molecule has 0 bridgehead atoms. The van der Waals surface area contributed by atoms with Crippen molar-refractivity contribution in [1.29, 1.82) is 0 Å². The van der Waals surface area contributed by atoms with Crippen molar-refractivity contribution in [2.24, 2.45) is 0 Å². The molecule has 0 aliphatic heterocycles. The number of carbonyl (C=O) groups is 3. The fourth-order valence-electron chi connectivity index (χ4n) is 2.30. The zero-order chi connectivity index (χ0) is 14.4. The minimum Gasteiger partial charge on any atom is -0.545 e. The minimum absolute atomic E-state index is 0. The Morgan fingerprint density at radius 3 is 2.05 bits per heavy atom. The summed E-state index contributed by atoms with van der Waals surface area (Å²) in [5, 5.41) is 10.7. The standard InChI is InChI=1S/C15H7ClO4.Na/c16-12-10(15(19)20)6-5-9-11(12)14(18)8-4-2-1-3-7(8)13(9)17;/h1-6H,(H,19,20);/q;+1/p-1. The molecule has 0 radical (unpaired) electrons. The van der Waals surface area contributed by atoms with Crippen LogP contribution in [0.4, 0.5) is 0 Å². The largest absolute Gasteiger partial charge is 1.00 e. The Labute approximate surface area is 147 Å². The van der Waals surface area contributed by atoms with Gasteiger partial charge in [0.25, 0.3) is 0 Å². The summed E-state index contributed by atoms with van der Waals surface area (Å²) in [4.78, 5) is 35.7. The molecule has 0 saturated carbocycles. The number of rotatable bonds is 1. The molecule has 3 rings (SSSR count). The van der Waals surface area contributed by atoms with Crippen LogP contribution in [0.1, 0.15) is 42.2 Å². The molecule has 0 N–H and O–H groups in total. The van der Waals surface area contributed by atoms with E-state index in [1.807, 2.05) is 0 Å². The quantitative estimate of drug-likeness (QED) is 0.512. The average molecular weight is 309 g/mol. The smallest absolute Gasteiger partial charge is 0.545 e. The second kappa shape index (κ2) is 5.73. The fraction of sp³-hybridized carbons (Fsp3) is 0. The number of hydrogen-bond acceptors (Lipinski definition) is 4. The molecule has 98 valence electrons. The molecule has 4 nitrogen and oxygen atoms in total. The van der Waals surface area contributed by atoms with Crippen LogP contribution in [-0.4, -0.2) is 17.5 Å². The van der Waals surface area contributed by atoms with Gasteiger partial charge < -0.3 is 9.90 Å². The van der Waals surface area contributed by atoms with Gasteiger partial charge >= 0.3 is 29.6 Å². The maximum Gasteiger partial charge on any atom is 1.00 e. The first kappa shape index (κ1) is 15.9. The second-order valence-corrected chi connectivity index (χ2v) is 4.72. The molecular formula is C15H6ClNaO4. The predicted molar refractivity (Wildman–Crippen MR) is 69.1 cm³/mol. The van der Waals surface area contributed by atoms with Gasteiger partial charge in [-0.2, -0.15) is 0 Å².